The van der Waals surface area contributed by atoms with Crippen LogP contribution in [0.3, 0.4) is 0 Å². The molecule has 36 valence electrons. The maximum atomic E-state index is 9.78. The number of thiol groups is 1. The van der Waals surface area contributed by atoms with Gasteiger partial charge in [-0.2, -0.15) is 5.26 Å². The van der Waals surface area contributed by atoms with E-state index in [1.807, 2.05) is 0 Å². The van der Waals surface area contributed by atoms with E-state index in [2.05, 4.69) is 17.0 Å². The maximum absolute atomic E-state index is 9.78. The van der Waals surface area contributed by atoms with Crippen LogP contribution in [0.4, 0.5) is 4.79 Å². The van der Waals surface area contributed by atoms with Crippen molar-refractivity contribution < 1.29 is 4.79 Å². The van der Waals surface area contributed by atoms with Crippen LogP contribution in [0.2, 0.25) is 0 Å². The van der Waals surface area contributed by atoms with Crippen molar-refractivity contribution in [3.8, 4) is 6.19 Å². The van der Waals surface area contributed by atoms with Crippen LogP contribution in [0.25, 0.3) is 0 Å². The van der Waals surface area contributed by atoms with Gasteiger partial charge in [-0.05, 0) is 12.6 Å². The summed E-state index contributed by atoms with van der Waals surface area (Å²) in [6, 6.07) is 0. The minimum Gasteiger partial charge on any atom is -0.211 e. The summed E-state index contributed by atoms with van der Waals surface area (Å²) in [5.41, 5.74) is 0. The Labute approximate surface area is 49.9 Å². The number of rotatable bonds is 0. The molecule has 0 saturated carbocycles. The lowest BCUT2D eigenvalue weighted by atomic mass is 11.5. The molecule has 0 aromatic rings. The second-order valence-corrected chi connectivity index (χ2v) is 1.99. The molecule has 0 fully saturated rings. The number of hydrogen-bond acceptors (Lipinski definition) is 3. The summed E-state index contributed by atoms with van der Waals surface area (Å²) in [7, 11) is 0. The van der Waals surface area contributed by atoms with E-state index in [0.717, 1.165) is 0 Å². The van der Waals surface area contributed by atoms with Crippen LogP contribution in [0.5, 0.6) is 0 Å². The molecular formula is C2HN2OS2+. The third-order valence-corrected chi connectivity index (χ3v) is 0.739. The highest BCUT2D eigenvalue weighted by molar-refractivity contribution is 8.18. The lowest BCUT2D eigenvalue weighted by molar-refractivity contribution is 0.277. The monoisotopic (exact) mass is 133 g/mol. The molecule has 0 saturated heterocycles. The second kappa shape index (κ2) is 3.71. The SMILES string of the molecule is N#CN=[S+]C(=O)S. The topological polar surface area (TPSA) is 53.2 Å². The Hall–Kier alpha value is -0.470. The van der Waals surface area contributed by atoms with Gasteiger partial charge in [0.05, 0.1) is 0 Å². The predicted molar refractivity (Wildman–Crippen MR) is 29.8 cm³/mol. The summed E-state index contributed by atoms with van der Waals surface area (Å²) in [5, 5.41) is 7.69. The molecule has 0 radical (unpaired) electrons. The molecule has 0 spiro atoms. The Bertz CT molecular complexity index is 135. The van der Waals surface area contributed by atoms with Crippen LogP contribution >= 0.6 is 12.6 Å². The zero-order valence-electron chi connectivity index (χ0n) is 3.16. The van der Waals surface area contributed by atoms with Gasteiger partial charge in [0.2, 0.25) is 0 Å². The molecule has 0 unspecified atom stereocenters. The third kappa shape index (κ3) is 5.53. The van der Waals surface area contributed by atoms with Crippen molar-refractivity contribution in [1.29, 1.82) is 5.26 Å². The molecule has 0 bridgehead atoms. The molecule has 0 N–H and O–H groups in total. The molecule has 0 amide bonds. The molecule has 0 aromatic heterocycles. The van der Waals surface area contributed by atoms with Crippen molar-refractivity contribution in [2.24, 2.45) is 4.36 Å². The Balaban J connectivity index is 3.53. The van der Waals surface area contributed by atoms with E-state index in [1.54, 1.807) is 0 Å². The Morgan fingerprint density at radius 3 is 2.71 bits per heavy atom. The highest BCUT2D eigenvalue weighted by Crippen LogP contribution is 1.78. The summed E-state index contributed by atoms with van der Waals surface area (Å²) in [5.74, 6) is 0. The van der Waals surface area contributed by atoms with Crippen LogP contribution in [-0.2, 0) is 11.6 Å². The predicted octanol–water partition coefficient (Wildman–Crippen LogP) is 0.783. The van der Waals surface area contributed by atoms with Gasteiger partial charge in [-0.15, -0.1) is 0 Å². The van der Waals surface area contributed by atoms with Crippen molar-refractivity contribution in [1.82, 2.24) is 0 Å². The molecule has 7 heavy (non-hydrogen) atoms. The smallest absolute Gasteiger partial charge is 0.211 e. The van der Waals surface area contributed by atoms with Crippen LogP contribution in [-0.4, -0.2) is 4.45 Å². The molecule has 0 atom stereocenters. The van der Waals surface area contributed by atoms with Crippen molar-refractivity contribution in [3.63, 3.8) is 0 Å². The van der Waals surface area contributed by atoms with E-state index in [-0.39, 0.29) is 0 Å². The van der Waals surface area contributed by atoms with E-state index < -0.39 is 4.45 Å². The first-order chi connectivity index (χ1) is 3.27. The van der Waals surface area contributed by atoms with Crippen LogP contribution in [0, 0.1) is 11.5 Å². The first-order valence-electron chi connectivity index (χ1n) is 1.26. The minimum absolute atomic E-state index is 0.471. The van der Waals surface area contributed by atoms with Gasteiger partial charge in [-0.1, -0.05) is 0 Å². The number of hydrogen-bond donors (Lipinski definition) is 1. The fourth-order valence-electron chi connectivity index (χ4n) is 0.0595. The zero-order chi connectivity index (χ0) is 5.70. The average Bonchev–Trinajstić information content (AvgIpc) is 1.61. The molecule has 0 aromatic carbocycles. The number of carbonyl (C=O) groups is 1. The molecular weight excluding hydrogens is 132 g/mol. The zero-order valence-corrected chi connectivity index (χ0v) is 4.87. The number of carbonyl (C=O) groups excluding carboxylic acids is 1. The van der Waals surface area contributed by atoms with E-state index in [1.165, 1.54) is 6.19 Å². The lowest BCUT2D eigenvalue weighted by Gasteiger charge is -1.43. The van der Waals surface area contributed by atoms with Crippen LogP contribution < -0.4 is 0 Å². The quantitative estimate of drug-likeness (QED) is 0.301. The lowest BCUT2D eigenvalue weighted by Crippen LogP contribution is -1.70. The summed E-state index contributed by atoms with van der Waals surface area (Å²) in [6.45, 7) is 0. The fraction of sp³-hybridized carbons (Fsp3) is 0. The average molecular weight is 133 g/mol. The van der Waals surface area contributed by atoms with Gasteiger partial charge in [-0.3, -0.25) is 0 Å². The largest absolute Gasteiger partial charge is 0.491 e. The highest BCUT2D eigenvalue weighted by atomic mass is 32.2. The number of nitrogens with zero attached hydrogens (tertiary/aromatic N) is 2. The molecule has 0 heterocycles. The summed E-state index contributed by atoms with van der Waals surface area (Å²) < 4.78 is 2.50. The molecule has 0 aliphatic carbocycles. The van der Waals surface area contributed by atoms with Crippen LogP contribution in [0.1, 0.15) is 0 Å². The summed E-state index contributed by atoms with van der Waals surface area (Å²) in [6.07, 6.45) is 1.42. The van der Waals surface area contributed by atoms with Gasteiger partial charge >= 0.3 is 16.0 Å². The molecule has 0 aliphatic rings. The van der Waals surface area contributed by atoms with Crippen molar-refractivity contribution in [3.05, 3.63) is 0 Å². The van der Waals surface area contributed by atoms with Crippen molar-refractivity contribution in [2.45, 2.75) is 0 Å². The van der Waals surface area contributed by atoms with Crippen LogP contribution in [0.15, 0.2) is 4.36 Å². The highest BCUT2D eigenvalue weighted by Gasteiger charge is 2.03. The Kier molecular flexibility index (Phi) is 3.46. The molecule has 3 nitrogen and oxygen atoms in total. The Morgan fingerprint density at radius 1 is 2.00 bits per heavy atom. The second-order valence-electron chi connectivity index (χ2n) is 0.548. The van der Waals surface area contributed by atoms with E-state index in [0.29, 0.717) is 11.6 Å². The van der Waals surface area contributed by atoms with Gasteiger partial charge < -0.3 is 0 Å². The van der Waals surface area contributed by atoms with Crippen molar-refractivity contribution in [2.75, 3.05) is 0 Å². The van der Waals surface area contributed by atoms with Gasteiger partial charge in [0.1, 0.15) is 4.36 Å². The maximum Gasteiger partial charge on any atom is 0.491 e. The van der Waals surface area contributed by atoms with E-state index in [4.69, 9.17) is 5.26 Å². The van der Waals surface area contributed by atoms with Gasteiger partial charge in [0.15, 0.2) is 0 Å². The van der Waals surface area contributed by atoms with E-state index >= 15 is 0 Å². The van der Waals surface area contributed by atoms with Gasteiger partial charge in [0.25, 0.3) is 6.19 Å². The summed E-state index contributed by atoms with van der Waals surface area (Å²) in [4.78, 5) is 9.78. The molecule has 0 rings (SSSR count). The minimum atomic E-state index is -0.471. The number of nitriles is 1. The molecule has 5 heteroatoms. The fourth-order valence-corrected chi connectivity index (χ4v) is 0.301. The standard InChI is InChI=1S/C2N2OS2/c3-1-4-7-2(5)6/p+1. The third-order valence-electron chi connectivity index (χ3n) is 0.165. The summed E-state index contributed by atoms with van der Waals surface area (Å²) >= 11 is 3.83. The molecule has 0 aliphatic heterocycles. The Morgan fingerprint density at radius 2 is 2.57 bits per heavy atom. The first kappa shape index (κ1) is 6.53. The first-order valence-corrected chi connectivity index (χ1v) is 2.48. The van der Waals surface area contributed by atoms with E-state index in [9.17, 15) is 4.79 Å². The van der Waals surface area contributed by atoms with Gasteiger partial charge in [0, 0.05) is 0 Å². The van der Waals surface area contributed by atoms with Gasteiger partial charge in [-0.25, -0.2) is 4.79 Å². The normalized spacial score (nSPS) is 8.57. The van der Waals surface area contributed by atoms with Crippen molar-refractivity contribution >= 4 is 28.6 Å².